The minimum Gasteiger partial charge on any atom is -0.484 e. The van der Waals surface area contributed by atoms with Crippen LogP contribution in [-0.2, 0) is 4.79 Å². The molecule has 0 aliphatic heterocycles. The van der Waals surface area contributed by atoms with Crippen LogP contribution in [0.25, 0.3) is 0 Å². The molecule has 3 aromatic carbocycles. The van der Waals surface area contributed by atoms with E-state index in [4.69, 9.17) is 27.9 Å². The number of halogens is 2. The Morgan fingerprint density at radius 1 is 0.786 bits per heavy atom. The molecule has 3 aromatic rings. The van der Waals surface area contributed by atoms with Crippen LogP contribution in [-0.4, -0.2) is 18.4 Å². The molecule has 0 saturated carbocycles. The van der Waals surface area contributed by atoms with Crippen molar-refractivity contribution >= 4 is 46.4 Å². The van der Waals surface area contributed by atoms with Crippen LogP contribution in [0.3, 0.4) is 0 Å². The zero-order valence-electron chi connectivity index (χ0n) is 14.6. The lowest BCUT2D eigenvalue weighted by atomic mass is 10.2. The lowest BCUT2D eigenvalue weighted by Crippen LogP contribution is -2.20. The summed E-state index contributed by atoms with van der Waals surface area (Å²) >= 11 is 11.8. The van der Waals surface area contributed by atoms with Crippen molar-refractivity contribution in [2.75, 3.05) is 17.2 Å². The Kier molecular flexibility index (Phi) is 6.53. The number of carbonyl (C=O) groups is 2. The third kappa shape index (κ3) is 5.49. The standard InChI is InChI=1S/C21H16Cl2N2O3/c22-18-10-9-16(12-19(18)23)24-20(26)13-28-17-8-4-7-15(11-17)25-21(27)14-5-2-1-3-6-14/h1-12H,13H2,(H,24,26)(H,25,27). The molecule has 0 heterocycles. The largest absolute Gasteiger partial charge is 0.484 e. The summed E-state index contributed by atoms with van der Waals surface area (Å²) in [6, 6.07) is 20.5. The average Bonchev–Trinajstić information content (AvgIpc) is 2.70. The van der Waals surface area contributed by atoms with Gasteiger partial charge in [0, 0.05) is 23.0 Å². The first-order valence-corrected chi connectivity index (χ1v) is 9.11. The van der Waals surface area contributed by atoms with Gasteiger partial charge in [0.05, 0.1) is 10.0 Å². The van der Waals surface area contributed by atoms with Gasteiger partial charge in [0.25, 0.3) is 11.8 Å². The maximum Gasteiger partial charge on any atom is 0.262 e. The van der Waals surface area contributed by atoms with Crippen molar-refractivity contribution < 1.29 is 14.3 Å². The van der Waals surface area contributed by atoms with Gasteiger partial charge >= 0.3 is 0 Å². The predicted molar refractivity (Wildman–Crippen MR) is 111 cm³/mol. The van der Waals surface area contributed by atoms with Crippen molar-refractivity contribution in [1.82, 2.24) is 0 Å². The number of benzene rings is 3. The highest BCUT2D eigenvalue weighted by atomic mass is 35.5. The van der Waals surface area contributed by atoms with E-state index in [9.17, 15) is 9.59 Å². The van der Waals surface area contributed by atoms with Crippen LogP contribution < -0.4 is 15.4 Å². The first-order chi connectivity index (χ1) is 13.5. The molecule has 0 atom stereocenters. The number of hydrogen-bond acceptors (Lipinski definition) is 3. The molecule has 0 unspecified atom stereocenters. The van der Waals surface area contributed by atoms with E-state index in [0.717, 1.165) is 0 Å². The maximum absolute atomic E-state index is 12.2. The van der Waals surface area contributed by atoms with Gasteiger partial charge in [-0.15, -0.1) is 0 Å². The molecule has 0 aromatic heterocycles. The molecule has 7 heteroatoms. The van der Waals surface area contributed by atoms with E-state index in [1.54, 1.807) is 66.7 Å². The lowest BCUT2D eigenvalue weighted by Gasteiger charge is -2.10. The molecule has 142 valence electrons. The van der Waals surface area contributed by atoms with Crippen LogP contribution in [0.4, 0.5) is 11.4 Å². The smallest absolute Gasteiger partial charge is 0.262 e. The van der Waals surface area contributed by atoms with Crippen molar-refractivity contribution in [2.45, 2.75) is 0 Å². The van der Waals surface area contributed by atoms with Crippen LogP contribution in [0.2, 0.25) is 10.0 Å². The average molecular weight is 415 g/mol. The van der Waals surface area contributed by atoms with Crippen molar-refractivity contribution in [3.05, 3.63) is 88.4 Å². The van der Waals surface area contributed by atoms with E-state index < -0.39 is 0 Å². The first-order valence-electron chi connectivity index (χ1n) is 8.35. The van der Waals surface area contributed by atoms with E-state index >= 15 is 0 Å². The molecule has 5 nitrogen and oxygen atoms in total. The van der Waals surface area contributed by atoms with E-state index in [-0.39, 0.29) is 18.4 Å². The first kappa shape index (κ1) is 19.7. The zero-order chi connectivity index (χ0) is 19.9. The summed E-state index contributed by atoms with van der Waals surface area (Å²) in [5, 5.41) is 6.22. The minimum atomic E-state index is -0.350. The van der Waals surface area contributed by atoms with Crippen molar-refractivity contribution in [3.63, 3.8) is 0 Å². The van der Waals surface area contributed by atoms with Gasteiger partial charge in [-0.05, 0) is 42.5 Å². The maximum atomic E-state index is 12.2. The molecule has 0 saturated heterocycles. The highest BCUT2D eigenvalue weighted by molar-refractivity contribution is 6.42. The van der Waals surface area contributed by atoms with Crippen molar-refractivity contribution in [2.24, 2.45) is 0 Å². The highest BCUT2D eigenvalue weighted by Gasteiger charge is 2.08. The molecule has 0 fully saturated rings. The Bertz CT molecular complexity index is 994. The Balaban J connectivity index is 1.56. The van der Waals surface area contributed by atoms with E-state index in [0.29, 0.717) is 32.7 Å². The van der Waals surface area contributed by atoms with Gasteiger partial charge in [-0.2, -0.15) is 0 Å². The quantitative estimate of drug-likeness (QED) is 0.577. The Labute approximate surface area is 172 Å². The third-order valence-electron chi connectivity index (χ3n) is 3.70. The molecule has 28 heavy (non-hydrogen) atoms. The third-order valence-corrected chi connectivity index (χ3v) is 4.44. The van der Waals surface area contributed by atoms with Crippen LogP contribution >= 0.6 is 23.2 Å². The molecule has 0 bridgehead atoms. The number of hydrogen-bond donors (Lipinski definition) is 2. The van der Waals surface area contributed by atoms with Gasteiger partial charge in [0.15, 0.2) is 6.61 Å². The zero-order valence-corrected chi connectivity index (χ0v) is 16.1. The monoisotopic (exact) mass is 414 g/mol. The van der Waals surface area contributed by atoms with E-state index in [2.05, 4.69) is 10.6 Å². The van der Waals surface area contributed by atoms with Gasteiger partial charge in [-0.25, -0.2) is 0 Å². The molecular formula is C21H16Cl2N2O3. The van der Waals surface area contributed by atoms with Gasteiger partial charge < -0.3 is 15.4 Å². The van der Waals surface area contributed by atoms with E-state index in [1.807, 2.05) is 6.07 Å². The van der Waals surface area contributed by atoms with Gasteiger partial charge in [-0.1, -0.05) is 47.5 Å². The Hall–Kier alpha value is -3.02. The summed E-state index contributed by atoms with van der Waals surface area (Å²) in [6.07, 6.45) is 0. The Morgan fingerprint density at radius 2 is 1.54 bits per heavy atom. The predicted octanol–water partition coefficient (Wildman–Crippen LogP) is 5.26. The second kappa shape index (κ2) is 9.26. The molecule has 2 amide bonds. The molecule has 3 rings (SSSR count). The molecular weight excluding hydrogens is 399 g/mol. The van der Waals surface area contributed by atoms with Crippen molar-refractivity contribution in [3.8, 4) is 5.75 Å². The fourth-order valence-corrected chi connectivity index (χ4v) is 2.67. The van der Waals surface area contributed by atoms with Gasteiger partial charge in [0.2, 0.25) is 0 Å². The van der Waals surface area contributed by atoms with Crippen LogP contribution in [0.1, 0.15) is 10.4 Å². The fourth-order valence-electron chi connectivity index (χ4n) is 2.38. The molecule has 2 N–H and O–H groups in total. The summed E-state index contributed by atoms with van der Waals surface area (Å²) in [5.41, 5.74) is 1.64. The second-order valence-corrected chi connectivity index (χ2v) is 6.63. The minimum absolute atomic E-state index is 0.198. The molecule has 0 spiro atoms. The van der Waals surface area contributed by atoms with Crippen LogP contribution in [0.5, 0.6) is 5.75 Å². The van der Waals surface area contributed by atoms with Crippen molar-refractivity contribution in [1.29, 1.82) is 0 Å². The number of anilines is 2. The lowest BCUT2D eigenvalue weighted by molar-refractivity contribution is -0.118. The summed E-state index contributed by atoms with van der Waals surface area (Å²) in [5.74, 6) is -0.123. The fraction of sp³-hybridized carbons (Fsp3) is 0.0476. The number of ether oxygens (including phenoxy) is 1. The molecule has 0 aliphatic rings. The second-order valence-electron chi connectivity index (χ2n) is 5.81. The normalized spacial score (nSPS) is 10.2. The number of amides is 2. The number of nitrogens with one attached hydrogen (secondary N) is 2. The summed E-state index contributed by atoms with van der Waals surface area (Å²) in [6.45, 7) is -0.198. The summed E-state index contributed by atoms with van der Waals surface area (Å²) in [4.78, 5) is 24.3. The van der Waals surface area contributed by atoms with Gasteiger partial charge in [0.1, 0.15) is 5.75 Å². The number of rotatable bonds is 6. The molecule has 0 aliphatic carbocycles. The number of carbonyl (C=O) groups excluding carboxylic acids is 2. The van der Waals surface area contributed by atoms with Crippen LogP contribution in [0, 0.1) is 0 Å². The Morgan fingerprint density at radius 3 is 2.29 bits per heavy atom. The van der Waals surface area contributed by atoms with Gasteiger partial charge in [-0.3, -0.25) is 9.59 Å². The van der Waals surface area contributed by atoms with Crippen LogP contribution in [0.15, 0.2) is 72.8 Å². The highest BCUT2D eigenvalue weighted by Crippen LogP contribution is 2.25. The molecule has 0 radical (unpaired) electrons. The SMILES string of the molecule is O=C(COc1cccc(NC(=O)c2ccccc2)c1)Nc1ccc(Cl)c(Cl)c1. The summed E-state index contributed by atoms with van der Waals surface area (Å²) in [7, 11) is 0. The summed E-state index contributed by atoms with van der Waals surface area (Å²) < 4.78 is 5.50. The topological polar surface area (TPSA) is 67.4 Å². The van der Waals surface area contributed by atoms with E-state index in [1.165, 1.54) is 0 Å².